The van der Waals surface area contributed by atoms with E-state index < -0.39 is 17.9 Å². The van der Waals surface area contributed by atoms with Crippen molar-refractivity contribution in [3.63, 3.8) is 0 Å². The predicted octanol–water partition coefficient (Wildman–Crippen LogP) is 3.00. The molecule has 2 amide bonds. The summed E-state index contributed by atoms with van der Waals surface area (Å²) in [5, 5.41) is 14.7. The molecule has 0 aromatic rings. The first-order valence-corrected chi connectivity index (χ1v) is 7.72. The van der Waals surface area contributed by atoms with Crippen LogP contribution in [0.5, 0.6) is 0 Å². The number of carbonyl (C=O) groups excluding carboxylic acids is 1. The smallest absolute Gasteiger partial charge is 0.315 e. The molecule has 21 heavy (non-hydrogen) atoms. The number of carboxylic acids is 1. The van der Waals surface area contributed by atoms with E-state index in [0.717, 1.165) is 19.3 Å². The number of hydrogen-bond acceptors (Lipinski definition) is 2. The Kier molecular flexibility index (Phi) is 5.29. The van der Waals surface area contributed by atoms with Gasteiger partial charge in [0.25, 0.3) is 0 Å². The fourth-order valence-electron chi connectivity index (χ4n) is 3.72. The Morgan fingerprint density at radius 2 is 1.57 bits per heavy atom. The summed E-state index contributed by atoms with van der Waals surface area (Å²) in [7, 11) is 0. The Hall–Kier alpha value is -1.26. The van der Waals surface area contributed by atoms with Gasteiger partial charge in [0, 0.05) is 12.1 Å². The number of nitrogens with one attached hydrogen (secondary N) is 2. The van der Waals surface area contributed by atoms with Crippen LogP contribution in [0.3, 0.4) is 0 Å². The highest BCUT2D eigenvalue weighted by atomic mass is 16.4. The van der Waals surface area contributed by atoms with Crippen LogP contribution in [0, 0.1) is 16.7 Å². The minimum Gasteiger partial charge on any atom is -0.481 e. The second-order valence-corrected chi connectivity index (χ2v) is 8.14. The monoisotopic (exact) mass is 298 g/mol. The zero-order valence-corrected chi connectivity index (χ0v) is 14.1. The number of urea groups is 1. The van der Waals surface area contributed by atoms with Crippen molar-refractivity contribution in [2.24, 2.45) is 16.7 Å². The molecule has 0 saturated heterocycles. The topological polar surface area (TPSA) is 78.4 Å². The molecule has 1 aliphatic rings. The Morgan fingerprint density at radius 1 is 1.10 bits per heavy atom. The molecule has 1 saturated carbocycles. The Labute approximate surface area is 127 Å². The maximum absolute atomic E-state index is 12.1. The molecule has 0 aromatic heterocycles. The first kappa shape index (κ1) is 17.8. The molecule has 0 bridgehead atoms. The molecule has 1 rings (SSSR count). The van der Waals surface area contributed by atoms with Crippen LogP contribution < -0.4 is 10.6 Å². The molecule has 0 spiro atoms. The third-order valence-corrected chi connectivity index (χ3v) is 4.39. The molecule has 5 nitrogen and oxygen atoms in total. The number of rotatable bonds is 4. The molecular weight excluding hydrogens is 268 g/mol. The quantitative estimate of drug-likeness (QED) is 0.746. The van der Waals surface area contributed by atoms with E-state index in [-0.39, 0.29) is 22.9 Å². The average molecular weight is 298 g/mol. The summed E-state index contributed by atoms with van der Waals surface area (Å²) in [5.74, 6) is -1.50. The summed E-state index contributed by atoms with van der Waals surface area (Å²) in [6.45, 7) is 12.2. The average Bonchev–Trinajstić information content (AvgIpc) is 2.22. The summed E-state index contributed by atoms with van der Waals surface area (Å²) in [6.07, 6.45) is 3.05. The fraction of sp³-hybridized carbons (Fsp3) is 0.875. The van der Waals surface area contributed by atoms with Gasteiger partial charge in [0.2, 0.25) is 0 Å². The first-order valence-electron chi connectivity index (χ1n) is 7.72. The minimum absolute atomic E-state index is 0.135. The van der Waals surface area contributed by atoms with Gasteiger partial charge in [0.05, 0.1) is 5.92 Å². The molecule has 2 atom stereocenters. The lowest BCUT2D eigenvalue weighted by atomic mass is 9.63. The van der Waals surface area contributed by atoms with Crippen LogP contribution in [0.1, 0.15) is 60.8 Å². The van der Waals surface area contributed by atoms with E-state index in [0.29, 0.717) is 0 Å². The highest BCUT2D eigenvalue weighted by Crippen LogP contribution is 2.45. The summed E-state index contributed by atoms with van der Waals surface area (Å²) in [6, 6.07) is -0.530. The van der Waals surface area contributed by atoms with E-state index in [4.69, 9.17) is 5.11 Å². The third-order valence-electron chi connectivity index (χ3n) is 4.39. The molecule has 1 aliphatic carbocycles. The molecule has 1 fully saturated rings. The normalized spacial score (nSPS) is 23.9. The molecule has 0 radical (unpaired) electrons. The predicted molar refractivity (Wildman–Crippen MR) is 83.1 cm³/mol. The molecule has 0 heterocycles. The van der Waals surface area contributed by atoms with Gasteiger partial charge in [0.15, 0.2) is 0 Å². The zero-order valence-electron chi connectivity index (χ0n) is 14.1. The van der Waals surface area contributed by atoms with Crippen molar-refractivity contribution in [3.8, 4) is 0 Å². The molecular formula is C16H30N2O3. The van der Waals surface area contributed by atoms with Crippen LogP contribution >= 0.6 is 0 Å². The molecule has 2 unspecified atom stereocenters. The second kappa shape index (κ2) is 6.24. The van der Waals surface area contributed by atoms with Crippen molar-refractivity contribution in [3.05, 3.63) is 0 Å². The van der Waals surface area contributed by atoms with E-state index in [1.807, 2.05) is 0 Å². The van der Waals surface area contributed by atoms with Crippen LogP contribution in [0.15, 0.2) is 0 Å². The van der Waals surface area contributed by atoms with Gasteiger partial charge in [-0.2, -0.15) is 0 Å². The largest absolute Gasteiger partial charge is 0.481 e. The number of hydrogen-bond donors (Lipinski definition) is 3. The van der Waals surface area contributed by atoms with Crippen molar-refractivity contribution in [2.45, 2.75) is 72.9 Å². The summed E-state index contributed by atoms with van der Waals surface area (Å²) in [4.78, 5) is 23.0. The van der Waals surface area contributed by atoms with Gasteiger partial charge in [-0.05, 0) is 43.9 Å². The SMILES string of the molecule is CC(NC(=O)NC1CC(C)(C)CC(C)(C)C1)C(C)C(=O)O. The Morgan fingerprint density at radius 3 is 2.00 bits per heavy atom. The molecule has 0 aromatic carbocycles. The third kappa shape index (κ3) is 5.56. The fourth-order valence-corrected chi connectivity index (χ4v) is 3.72. The van der Waals surface area contributed by atoms with Crippen molar-refractivity contribution < 1.29 is 14.7 Å². The zero-order chi connectivity index (χ0) is 16.4. The van der Waals surface area contributed by atoms with Crippen LogP contribution in [0.25, 0.3) is 0 Å². The molecule has 5 heteroatoms. The van der Waals surface area contributed by atoms with Gasteiger partial charge in [0.1, 0.15) is 0 Å². The second-order valence-electron chi connectivity index (χ2n) is 8.14. The molecule has 122 valence electrons. The van der Waals surface area contributed by atoms with E-state index >= 15 is 0 Å². The van der Waals surface area contributed by atoms with E-state index in [2.05, 4.69) is 38.3 Å². The van der Waals surface area contributed by atoms with Gasteiger partial charge in [-0.1, -0.05) is 27.7 Å². The molecule has 0 aliphatic heterocycles. The van der Waals surface area contributed by atoms with E-state index in [1.54, 1.807) is 13.8 Å². The maximum Gasteiger partial charge on any atom is 0.315 e. The summed E-state index contributed by atoms with van der Waals surface area (Å²) >= 11 is 0. The van der Waals surface area contributed by atoms with Crippen LogP contribution in [0.2, 0.25) is 0 Å². The standard InChI is InChI=1S/C16H30N2O3/c1-10(13(19)20)11(2)17-14(21)18-12-7-15(3,4)9-16(5,6)8-12/h10-12H,7-9H2,1-6H3,(H,19,20)(H2,17,18,21). The number of carbonyl (C=O) groups is 2. The van der Waals surface area contributed by atoms with Gasteiger partial charge >= 0.3 is 12.0 Å². The van der Waals surface area contributed by atoms with Crippen LogP contribution in [-0.2, 0) is 4.79 Å². The number of aliphatic carboxylic acids is 1. The lowest BCUT2D eigenvalue weighted by molar-refractivity contribution is -0.141. The lowest BCUT2D eigenvalue weighted by Crippen LogP contribution is -2.52. The van der Waals surface area contributed by atoms with E-state index in [1.165, 1.54) is 0 Å². The van der Waals surface area contributed by atoms with Crippen LogP contribution in [0.4, 0.5) is 4.79 Å². The van der Waals surface area contributed by atoms with Crippen molar-refractivity contribution >= 4 is 12.0 Å². The summed E-state index contributed by atoms with van der Waals surface area (Å²) < 4.78 is 0. The summed E-state index contributed by atoms with van der Waals surface area (Å²) in [5.41, 5.74) is 0.416. The van der Waals surface area contributed by atoms with Crippen molar-refractivity contribution in [1.29, 1.82) is 0 Å². The maximum atomic E-state index is 12.1. The van der Waals surface area contributed by atoms with E-state index in [9.17, 15) is 9.59 Å². The van der Waals surface area contributed by atoms with Crippen molar-refractivity contribution in [2.75, 3.05) is 0 Å². The highest BCUT2D eigenvalue weighted by molar-refractivity contribution is 5.76. The first-order chi connectivity index (χ1) is 9.42. The number of amides is 2. The van der Waals surface area contributed by atoms with Gasteiger partial charge in [-0.25, -0.2) is 4.79 Å². The molecule has 3 N–H and O–H groups in total. The Balaban J connectivity index is 2.56. The van der Waals surface area contributed by atoms with Gasteiger partial charge in [-0.15, -0.1) is 0 Å². The number of carboxylic acid groups (broad SMARTS) is 1. The van der Waals surface area contributed by atoms with Crippen molar-refractivity contribution in [1.82, 2.24) is 10.6 Å². The van der Waals surface area contributed by atoms with Crippen LogP contribution in [-0.4, -0.2) is 29.2 Å². The van der Waals surface area contributed by atoms with Gasteiger partial charge in [-0.3, -0.25) is 4.79 Å². The lowest BCUT2D eigenvalue weighted by Gasteiger charge is -2.45. The minimum atomic E-state index is -0.900. The Bertz CT molecular complexity index is 388. The highest BCUT2D eigenvalue weighted by Gasteiger charge is 2.39. The van der Waals surface area contributed by atoms with Gasteiger partial charge < -0.3 is 15.7 Å².